The smallest absolute Gasteiger partial charge is 0.242 e. The van der Waals surface area contributed by atoms with E-state index in [-0.39, 0.29) is 11.8 Å². The lowest BCUT2D eigenvalue weighted by Gasteiger charge is -2.27. The zero-order valence-corrected chi connectivity index (χ0v) is 22.9. The number of benzene rings is 2. The summed E-state index contributed by atoms with van der Waals surface area (Å²) in [5.41, 5.74) is 2.82. The Morgan fingerprint density at radius 2 is 1.68 bits per heavy atom. The van der Waals surface area contributed by atoms with Crippen molar-refractivity contribution in [2.24, 2.45) is 5.41 Å². The molecule has 0 bridgehead atoms. The summed E-state index contributed by atoms with van der Waals surface area (Å²) in [6.07, 6.45) is 5.53. The van der Waals surface area contributed by atoms with Crippen molar-refractivity contribution in [1.82, 2.24) is 9.88 Å². The molecule has 1 aromatic heterocycles. The number of rotatable bonds is 11. The molecule has 4 rings (SSSR count). The molecule has 1 aliphatic rings. The van der Waals surface area contributed by atoms with Crippen molar-refractivity contribution < 1.29 is 14.3 Å². The van der Waals surface area contributed by atoms with Gasteiger partial charge in [-0.25, -0.2) is 0 Å². The number of amides is 2. The summed E-state index contributed by atoms with van der Waals surface area (Å²) in [6, 6.07) is 20.2. The topological polar surface area (TPSA) is 66.0 Å². The summed E-state index contributed by atoms with van der Waals surface area (Å²) in [6.45, 7) is 9.06. The minimum absolute atomic E-state index is 0.186. The Hall–Kier alpha value is -3.71. The number of carbonyl (C=O) groups excluding carboxylic acids is 2. The zero-order valence-electron chi connectivity index (χ0n) is 22.9. The van der Waals surface area contributed by atoms with Gasteiger partial charge in [0.25, 0.3) is 0 Å². The highest BCUT2D eigenvalue weighted by atomic mass is 16.5. The third kappa shape index (κ3) is 6.22. The molecule has 3 aromatic rings. The van der Waals surface area contributed by atoms with Gasteiger partial charge in [0.1, 0.15) is 11.2 Å². The molecule has 2 aromatic carbocycles. The van der Waals surface area contributed by atoms with Crippen LogP contribution in [-0.2, 0) is 22.6 Å². The second kappa shape index (κ2) is 12.2. The van der Waals surface area contributed by atoms with Crippen LogP contribution in [0.4, 0.5) is 11.4 Å². The fraction of sp³-hybridized carbons (Fsp3) is 0.387. The number of nitrogens with zero attached hydrogens (tertiary/aromatic N) is 4. The second-order valence-corrected chi connectivity index (χ2v) is 10.3. The molecule has 2 heterocycles. The fourth-order valence-electron chi connectivity index (χ4n) is 4.89. The first-order valence-electron chi connectivity index (χ1n) is 13.3. The van der Waals surface area contributed by atoms with Crippen molar-refractivity contribution in [2.45, 2.75) is 40.2 Å². The van der Waals surface area contributed by atoms with E-state index in [0.717, 1.165) is 38.2 Å². The molecule has 0 radical (unpaired) electrons. The molecule has 200 valence electrons. The molecule has 0 N–H and O–H groups in total. The lowest BCUT2D eigenvalue weighted by atomic mass is 9.90. The van der Waals surface area contributed by atoms with Crippen LogP contribution in [0.15, 0.2) is 73.1 Å². The van der Waals surface area contributed by atoms with Gasteiger partial charge in [-0.3, -0.25) is 19.5 Å². The Kier molecular flexibility index (Phi) is 8.79. The quantitative estimate of drug-likeness (QED) is 0.268. The maximum atomic E-state index is 13.1. The first-order valence-corrected chi connectivity index (χ1v) is 13.3. The van der Waals surface area contributed by atoms with Crippen LogP contribution in [0.1, 0.15) is 38.3 Å². The summed E-state index contributed by atoms with van der Waals surface area (Å²) in [5, 5.41) is 0. The highest BCUT2D eigenvalue weighted by Crippen LogP contribution is 2.40. The normalized spacial score (nSPS) is 15.0. The molecular formula is C31H38N4O3. The molecule has 0 saturated heterocycles. The van der Waals surface area contributed by atoms with Crippen LogP contribution in [0, 0.1) is 5.41 Å². The van der Waals surface area contributed by atoms with Crippen molar-refractivity contribution in [3.63, 3.8) is 0 Å². The van der Waals surface area contributed by atoms with Gasteiger partial charge < -0.3 is 14.5 Å². The van der Waals surface area contributed by atoms with Gasteiger partial charge in [-0.2, -0.15) is 0 Å². The average molecular weight is 515 g/mol. The van der Waals surface area contributed by atoms with Crippen molar-refractivity contribution in [3.8, 4) is 5.75 Å². The number of hydrogen-bond acceptors (Lipinski definition) is 5. The summed E-state index contributed by atoms with van der Waals surface area (Å²) in [4.78, 5) is 36.1. The van der Waals surface area contributed by atoms with Gasteiger partial charge in [-0.05, 0) is 62.9 Å². The van der Waals surface area contributed by atoms with Gasteiger partial charge in [0.15, 0.2) is 0 Å². The number of carbonyl (C=O) groups is 2. The number of pyridine rings is 1. The maximum absolute atomic E-state index is 13.1. The SMILES string of the molecule is CCN1C(=O)C(C)(C)C(=O)N(C)c2cc(OCCCN(CCc3cccnc3)Cc3ccccc3)ccc21. The third-order valence-electron chi connectivity index (χ3n) is 7.11. The molecule has 0 fully saturated rings. The van der Waals surface area contributed by atoms with Crippen molar-refractivity contribution in [1.29, 1.82) is 0 Å². The summed E-state index contributed by atoms with van der Waals surface area (Å²) >= 11 is 0. The largest absolute Gasteiger partial charge is 0.493 e. The highest BCUT2D eigenvalue weighted by Gasteiger charge is 2.45. The standard InChI is InChI=1S/C31H38N4O3/c1-5-35-27-15-14-26(21-28(27)33(4)29(36)31(2,3)30(35)37)38-20-10-18-34(23-25-11-7-6-8-12-25)19-16-24-13-9-17-32-22-24/h6-9,11-15,17,21-22H,5,10,16,18-20,23H2,1-4H3. The van der Waals surface area contributed by atoms with Crippen LogP contribution in [0.5, 0.6) is 5.75 Å². The molecule has 0 atom stereocenters. The Labute approximate surface area is 226 Å². The van der Waals surface area contributed by atoms with Gasteiger partial charge in [0, 0.05) is 51.7 Å². The van der Waals surface area contributed by atoms with E-state index >= 15 is 0 Å². The molecule has 0 saturated carbocycles. The van der Waals surface area contributed by atoms with Crippen LogP contribution in [0.25, 0.3) is 0 Å². The van der Waals surface area contributed by atoms with Crippen LogP contribution < -0.4 is 14.5 Å². The monoisotopic (exact) mass is 514 g/mol. The summed E-state index contributed by atoms with van der Waals surface area (Å²) in [5.74, 6) is 0.285. The Morgan fingerprint density at radius 1 is 0.921 bits per heavy atom. The van der Waals surface area contributed by atoms with Crippen molar-refractivity contribution in [2.75, 3.05) is 43.1 Å². The molecule has 7 nitrogen and oxygen atoms in total. The molecule has 0 unspecified atom stereocenters. The number of ether oxygens (including phenoxy) is 1. The first kappa shape index (κ1) is 27.3. The summed E-state index contributed by atoms with van der Waals surface area (Å²) < 4.78 is 6.13. The lowest BCUT2D eigenvalue weighted by Crippen LogP contribution is -2.47. The van der Waals surface area contributed by atoms with E-state index < -0.39 is 5.41 Å². The molecule has 38 heavy (non-hydrogen) atoms. The molecule has 0 spiro atoms. The van der Waals surface area contributed by atoms with Gasteiger partial charge in [-0.1, -0.05) is 36.4 Å². The van der Waals surface area contributed by atoms with Crippen molar-refractivity contribution >= 4 is 23.2 Å². The third-order valence-corrected chi connectivity index (χ3v) is 7.11. The Morgan fingerprint density at radius 3 is 2.39 bits per heavy atom. The summed E-state index contributed by atoms with van der Waals surface area (Å²) in [7, 11) is 1.73. The number of fused-ring (bicyclic) bond motifs is 1. The molecule has 0 aliphatic carbocycles. The highest BCUT2D eigenvalue weighted by molar-refractivity contribution is 6.20. The lowest BCUT2D eigenvalue weighted by molar-refractivity contribution is -0.137. The van der Waals surface area contributed by atoms with Crippen molar-refractivity contribution in [3.05, 3.63) is 84.2 Å². The zero-order chi connectivity index (χ0) is 27.1. The molecule has 2 amide bonds. The van der Waals surface area contributed by atoms with Gasteiger partial charge in [0.05, 0.1) is 18.0 Å². The van der Waals surface area contributed by atoms with E-state index in [1.807, 2.05) is 43.5 Å². The molecule has 7 heteroatoms. The number of hydrogen-bond donors (Lipinski definition) is 0. The first-order chi connectivity index (χ1) is 18.3. The van der Waals surface area contributed by atoms with Gasteiger partial charge >= 0.3 is 0 Å². The fourth-order valence-corrected chi connectivity index (χ4v) is 4.89. The van der Waals surface area contributed by atoms with E-state index in [1.165, 1.54) is 11.1 Å². The number of anilines is 2. The number of aromatic nitrogens is 1. The van der Waals surface area contributed by atoms with E-state index in [1.54, 1.807) is 36.9 Å². The van der Waals surface area contributed by atoms with Gasteiger partial charge in [0.2, 0.25) is 11.8 Å². The predicted octanol–water partition coefficient (Wildman–Crippen LogP) is 4.95. The minimum atomic E-state index is -1.12. The minimum Gasteiger partial charge on any atom is -0.493 e. The van der Waals surface area contributed by atoms with Crippen LogP contribution in [0.3, 0.4) is 0 Å². The second-order valence-electron chi connectivity index (χ2n) is 10.3. The Balaban J connectivity index is 1.40. The maximum Gasteiger partial charge on any atom is 0.242 e. The van der Waals surface area contributed by atoms with Crippen LogP contribution in [0.2, 0.25) is 0 Å². The predicted molar refractivity (Wildman–Crippen MR) is 151 cm³/mol. The average Bonchev–Trinajstić information content (AvgIpc) is 2.99. The molecule has 1 aliphatic heterocycles. The van der Waals surface area contributed by atoms with E-state index in [9.17, 15) is 9.59 Å². The Bertz CT molecular complexity index is 1230. The van der Waals surface area contributed by atoms with Crippen LogP contribution >= 0.6 is 0 Å². The molecular weight excluding hydrogens is 476 g/mol. The van der Waals surface area contributed by atoms with Crippen LogP contribution in [-0.4, -0.2) is 55.0 Å². The van der Waals surface area contributed by atoms with E-state index in [4.69, 9.17) is 4.74 Å². The van der Waals surface area contributed by atoms with Gasteiger partial charge in [-0.15, -0.1) is 0 Å². The van der Waals surface area contributed by atoms with E-state index in [2.05, 4.69) is 40.2 Å². The van der Waals surface area contributed by atoms with E-state index in [0.29, 0.717) is 24.6 Å².